The molecular weight excluding hydrogens is 467 g/mol. The molecule has 0 fully saturated rings. The number of hydrogen-bond donors (Lipinski definition) is 1. The Morgan fingerprint density at radius 1 is 0.853 bits per heavy atom. The first kappa shape index (κ1) is 22.7. The lowest BCUT2D eigenvalue weighted by Gasteiger charge is -2.11. The molecule has 174 valence electrons. The van der Waals surface area contributed by atoms with Crippen molar-refractivity contribution in [1.82, 2.24) is 29.9 Å². The van der Waals surface area contributed by atoms with E-state index in [9.17, 15) is 26.7 Å². The van der Waals surface area contributed by atoms with Gasteiger partial charge in [-0.3, -0.25) is 9.78 Å². The number of hydrogen-bond acceptors (Lipinski definition) is 8. The highest BCUT2D eigenvalue weighted by molar-refractivity contribution is 5.38. The highest BCUT2D eigenvalue weighted by Gasteiger charge is 2.34. The van der Waals surface area contributed by atoms with E-state index in [1.807, 2.05) is 0 Å². The fraction of sp³-hybridized carbons (Fsp3) is 0.100. The molecule has 9 nitrogen and oxygen atoms in total. The highest BCUT2D eigenvalue weighted by atomic mass is 19.4. The molecule has 34 heavy (non-hydrogen) atoms. The van der Waals surface area contributed by atoms with Crippen LogP contribution >= 0.6 is 0 Å². The first-order chi connectivity index (χ1) is 16.2. The normalized spacial score (nSPS) is 11.3. The Morgan fingerprint density at radius 3 is 2.09 bits per heavy atom. The second-order valence-electron chi connectivity index (χ2n) is 6.63. The van der Waals surface area contributed by atoms with E-state index in [1.165, 1.54) is 24.9 Å². The molecule has 0 aliphatic heterocycles. The molecule has 4 rings (SSSR count). The number of alkyl halides is 3. The number of aromatic amines is 1. The van der Waals surface area contributed by atoms with Gasteiger partial charge < -0.3 is 9.47 Å². The largest absolute Gasteiger partial charge is 0.451 e. The van der Waals surface area contributed by atoms with E-state index in [0.717, 1.165) is 12.1 Å². The summed E-state index contributed by atoms with van der Waals surface area (Å²) in [4.78, 5) is 32.3. The van der Waals surface area contributed by atoms with Crippen LogP contribution < -0.4 is 15.0 Å². The average molecular weight is 478 g/mol. The maximum absolute atomic E-state index is 14.4. The van der Waals surface area contributed by atoms with Gasteiger partial charge in [0, 0.05) is 42.7 Å². The fourth-order valence-electron chi connectivity index (χ4n) is 2.66. The summed E-state index contributed by atoms with van der Waals surface area (Å²) in [7, 11) is 0. The van der Waals surface area contributed by atoms with Gasteiger partial charge >= 0.3 is 12.2 Å². The number of ether oxygens (including phenoxy) is 2. The summed E-state index contributed by atoms with van der Waals surface area (Å²) >= 11 is 0. The van der Waals surface area contributed by atoms with Crippen molar-refractivity contribution in [2.45, 2.75) is 12.6 Å². The van der Waals surface area contributed by atoms with E-state index in [1.54, 1.807) is 0 Å². The quantitative estimate of drug-likeness (QED) is 0.416. The van der Waals surface area contributed by atoms with Crippen LogP contribution in [-0.4, -0.2) is 29.9 Å². The topological polar surface area (TPSA) is 116 Å². The molecule has 3 heterocycles. The van der Waals surface area contributed by atoms with Gasteiger partial charge in [0.1, 0.15) is 12.1 Å². The van der Waals surface area contributed by atoms with Gasteiger partial charge in [0.2, 0.25) is 5.82 Å². The number of halogens is 5. The lowest BCUT2D eigenvalue weighted by molar-refractivity contribution is -0.145. The Kier molecular flexibility index (Phi) is 6.12. The first-order valence-corrected chi connectivity index (χ1v) is 9.25. The third-order valence-electron chi connectivity index (χ3n) is 4.15. The minimum Gasteiger partial charge on any atom is -0.448 e. The molecule has 0 unspecified atom stereocenters. The van der Waals surface area contributed by atoms with Crippen LogP contribution in [0.25, 0.3) is 0 Å². The molecule has 0 atom stereocenters. The molecule has 1 N–H and O–H groups in total. The van der Waals surface area contributed by atoms with Crippen molar-refractivity contribution in [3.05, 3.63) is 88.4 Å². The maximum atomic E-state index is 14.4. The molecule has 0 aliphatic rings. The Hall–Kier alpha value is -4.49. The highest BCUT2D eigenvalue weighted by Crippen LogP contribution is 2.32. The Labute approximate surface area is 186 Å². The molecule has 0 saturated carbocycles. The second kappa shape index (κ2) is 9.17. The molecule has 14 heteroatoms. The third-order valence-corrected chi connectivity index (χ3v) is 4.15. The molecule has 1 aromatic carbocycles. The van der Waals surface area contributed by atoms with Gasteiger partial charge in [0.05, 0.1) is 12.4 Å². The van der Waals surface area contributed by atoms with Crippen LogP contribution in [0.4, 0.5) is 22.0 Å². The van der Waals surface area contributed by atoms with Crippen molar-refractivity contribution in [3.8, 4) is 23.3 Å². The van der Waals surface area contributed by atoms with Crippen molar-refractivity contribution in [1.29, 1.82) is 0 Å². The number of rotatable bonds is 6. The van der Waals surface area contributed by atoms with E-state index in [4.69, 9.17) is 9.47 Å². The molecule has 0 saturated heterocycles. The zero-order chi connectivity index (χ0) is 24.3. The van der Waals surface area contributed by atoms with Crippen molar-refractivity contribution in [2.24, 2.45) is 0 Å². The van der Waals surface area contributed by atoms with Gasteiger partial charge in [-0.1, -0.05) is 0 Å². The summed E-state index contributed by atoms with van der Waals surface area (Å²) in [5, 5.41) is 0. The molecule has 3 aromatic heterocycles. The summed E-state index contributed by atoms with van der Waals surface area (Å²) in [6.45, 7) is 0. The number of H-pyrrole nitrogens is 1. The standard InChI is InChI=1S/C20H11F5N6O3/c21-14-2-12(3-15(22)16(14)33-13-7-28-18(29-8-13)20(23,24)25)34-19-30-6-11(17(32)31-19)1-10-4-26-9-27-5-10/h2-9H,1H2,(H,30,31,32). The molecule has 0 amide bonds. The van der Waals surface area contributed by atoms with E-state index in [0.29, 0.717) is 18.0 Å². The van der Waals surface area contributed by atoms with Crippen LogP contribution in [0.3, 0.4) is 0 Å². The summed E-state index contributed by atoms with van der Waals surface area (Å²) in [5.41, 5.74) is 0.403. The molecule has 0 aliphatic carbocycles. The second-order valence-corrected chi connectivity index (χ2v) is 6.63. The monoisotopic (exact) mass is 478 g/mol. The predicted molar refractivity (Wildman–Crippen MR) is 103 cm³/mol. The minimum atomic E-state index is -4.78. The third kappa shape index (κ3) is 5.28. The van der Waals surface area contributed by atoms with Crippen LogP contribution in [-0.2, 0) is 12.6 Å². The average Bonchev–Trinajstić information content (AvgIpc) is 2.79. The van der Waals surface area contributed by atoms with Crippen molar-refractivity contribution < 1.29 is 31.4 Å². The van der Waals surface area contributed by atoms with Gasteiger partial charge in [0.25, 0.3) is 5.56 Å². The molecular formula is C20H11F5N6O3. The smallest absolute Gasteiger partial charge is 0.448 e. The lowest BCUT2D eigenvalue weighted by Crippen LogP contribution is -2.15. The summed E-state index contributed by atoms with van der Waals surface area (Å²) in [5.74, 6) is -5.62. The van der Waals surface area contributed by atoms with Crippen molar-refractivity contribution in [2.75, 3.05) is 0 Å². The zero-order valence-electron chi connectivity index (χ0n) is 16.7. The number of benzene rings is 1. The predicted octanol–water partition coefficient (Wildman–Crippen LogP) is 3.82. The number of nitrogens with one attached hydrogen (secondary N) is 1. The molecule has 0 radical (unpaired) electrons. The van der Waals surface area contributed by atoms with Crippen molar-refractivity contribution >= 4 is 0 Å². The maximum Gasteiger partial charge on any atom is 0.451 e. The molecule has 0 bridgehead atoms. The Bertz CT molecular complexity index is 1340. The SMILES string of the molecule is O=c1[nH]c(Oc2cc(F)c(Oc3cnc(C(F)(F)F)nc3)c(F)c2)ncc1Cc1cncnc1. The van der Waals surface area contributed by atoms with Crippen LogP contribution in [0.5, 0.6) is 23.3 Å². The van der Waals surface area contributed by atoms with Gasteiger partial charge in [0.15, 0.2) is 23.1 Å². The lowest BCUT2D eigenvalue weighted by atomic mass is 10.1. The zero-order valence-corrected chi connectivity index (χ0v) is 16.7. The van der Waals surface area contributed by atoms with E-state index >= 15 is 0 Å². The summed E-state index contributed by atoms with van der Waals surface area (Å²) in [6, 6.07) is 1.14. The summed E-state index contributed by atoms with van der Waals surface area (Å²) < 4.78 is 76.4. The van der Waals surface area contributed by atoms with Crippen LogP contribution in [0.15, 0.2) is 54.2 Å². The fourth-order valence-corrected chi connectivity index (χ4v) is 2.66. The minimum absolute atomic E-state index is 0.201. The van der Waals surface area contributed by atoms with E-state index < -0.39 is 40.7 Å². The summed E-state index contributed by atoms with van der Waals surface area (Å²) in [6.07, 6.45) is 2.30. The molecule has 4 aromatic rings. The van der Waals surface area contributed by atoms with Crippen LogP contribution in [0.1, 0.15) is 17.0 Å². The van der Waals surface area contributed by atoms with E-state index in [-0.39, 0.29) is 23.7 Å². The Morgan fingerprint density at radius 2 is 1.50 bits per heavy atom. The van der Waals surface area contributed by atoms with E-state index in [2.05, 4.69) is 29.9 Å². The van der Waals surface area contributed by atoms with Crippen LogP contribution in [0, 0.1) is 11.6 Å². The van der Waals surface area contributed by atoms with Gasteiger partial charge in [-0.05, 0) is 5.56 Å². The van der Waals surface area contributed by atoms with Gasteiger partial charge in [-0.15, -0.1) is 0 Å². The first-order valence-electron chi connectivity index (χ1n) is 9.25. The van der Waals surface area contributed by atoms with Crippen molar-refractivity contribution in [3.63, 3.8) is 0 Å². The Balaban J connectivity index is 1.49. The van der Waals surface area contributed by atoms with Crippen LogP contribution in [0.2, 0.25) is 0 Å². The van der Waals surface area contributed by atoms with Gasteiger partial charge in [-0.2, -0.15) is 13.2 Å². The number of aromatic nitrogens is 6. The van der Waals surface area contributed by atoms with Gasteiger partial charge in [-0.25, -0.2) is 33.7 Å². The number of nitrogens with zero attached hydrogens (tertiary/aromatic N) is 5. The molecule has 0 spiro atoms.